The first-order chi connectivity index (χ1) is 8.97. The lowest BCUT2D eigenvalue weighted by atomic mass is 10.1. The van der Waals surface area contributed by atoms with Crippen LogP contribution >= 0.6 is 0 Å². The zero-order valence-electron chi connectivity index (χ0n) is 12.0. The summed E-state index contributed by atoms with van der Waals surface area (Å²) in [5.41, 5.74) is 0.317. The number of hydrogen-bond donors (Lipinski definition) is 1. The van der Waals surface area contributed by atoms with Gasteiger partial charge in [0.25, 0.3) is 0 Å². The zero-order valence-corrected chi connectivity index (χ0v) is 12.0. The molecule has 0 heterocycles. The van der Waals surface area contributed by atoms with Gasteiger partial charge in [0.1, 0.15) is 0 Å². The molecular formula is C15H23F2NO. The number of ether oxygens (including phenoxy) is 1. The van der Waals surface area contributed by atoms with Gasteiger partial charge in [0, 0.05) is 5.56 Å². The van der Waals surface area contributed by atoms with Crippen molar-refractivity contribution in [3.05, 3.63) is 35.4 Å². The fraction of sp³-hybridized carbons (Fsp3) is 0.600. The normalized spacial score (nSPS) is 14.7. The van der Waals surface area contributed by atoms with Gasteiger partial charge in [-0.2, -0.15) is 0 Å². The summed E-state index contributed by atoms with van der Waals surface area (Å²) >= 11 is 0. The average Bonchev–Trinajstić information content (AvgIpc) is 2.37. The van der Waals surface area contributed by atoms with Gasteiger partial charge in [-0.3, -0.25) is 0 Å². The molecule has 0 aliphatic rings. The fourth-order valence-corrected chi connectivity index (χ4v) is 1.74. The van der Waals surface area contributed by atoms with Crippen molar-refractivity contribution in [2.75, 3.05) is 13.2 Å². The Morgan fingerprint density at radius 2 is 1.89 bits per heavy atom. The van der Waals surface area contributed by atoms with Crippen LogP contribution in [0.2, 0.25) is 0 Å². The molecule has 108 valence electrons. The Morgan fingerprint density at radius 3 is 2.47 bits per heavy atom. The van der Waals surface area contributed by atoms with E-state index < -0.39 is 11.6 Å². The highest BCUT2D eigenvalue weighted by Gasteiger charge is 2.19. The first-order valence-corrected chi connectivity index (χ1v) is 6.76. The van der Waals surface area contributed by atoms with Crippen molar-refractivity contribution in [1.82, 2.24) is 5.32 Å². The monoisotopic (exact) mass is 271 g/mol. The lowest BCUT2D eigenvalue weighted by Gasteiger charge is -2.23. The predicted octanol–water partition coefficient (Wildman–Crippen LogP) is 3.68. The molecule has 2 unspecified atom stereocenters. The number of likely N-dealkylation sites (N-methyl/N-ethyl adjacent to an activating group) is 1. The summed E-state index contributed by atoms with van der Waals surface area (Å²) in [5.74, 6) is -1.23. The summed E-state index contributed by atoms with van der Waals surface area (Å²) in [6, 6.07) is 3.90. The van der Waals surface area contributed by atoms with Crippen molar-refractivity contribution in [3.63, 3.8) is 0 Å². The largest absolute Gasteiger partial charge is 0.376 e. The van der Waals surface area contributed by atoms with Gasteiger partial charge in [0.05, 0.1) is 18.8 Å². The number of hydrogen-bond acceptors (Lipinski definition) is 2. The van der Waals surface area contributed by atoms with Crippen LogP contribution in [0.25, 0.3) is 0 Å². The standard InChI is InChI=1S/C15H23F2NO/c1-5-18-14(9-19-11(4)10(2)3)12-7-6-8-13(16)15(12)17/h6-8,10-11,14,18H,5,9H2,1-4H3. The van der Waals surface area contributed by atoms with Crippen molar-refractivity contribution in [2.24, 2.45) is 5.92 Å². The minimum absolute atomic E-state index is 0.0813. The molecule has 0 spiro atoms. The van der Waals surface area contributed by atoms with E-state index in [4.69, 9.17) is 4.74 Å². The molecule has 0 aliphatic carbocycles. The number of benzene rings is 1. The molecule has 1 aromatic carbocycles. The smallest absolute Gasteiger partial charge is 0.163 e. The Labute approximate surface area is 114 Å². The molecular weight excluding hydrogens is 248 g/mol. The van der Waals surface area contributed by atoms with Crippen LogP contribution in [0.1, 0.15) is 39.3 Å². The third-order valence-corrected chi connectivity index (χ3v) is 3.27. The molecule has 0 saturated heterocycles. The SMILES string of the molecule is CCNC(COC(C)C(C)C)c1cccc(F)c1F. The maximum Gasteiger partial charge on any atom is 0.163 e. The highest BCUT2D eigenvalue weighted by molar-refractivity contribution is 5.22. The zero-order chi connectivity index (χ0) is 14.4. The fourth-order valence-electron chi connectivity index (χ4n) is 1.74. The summed E-state index contributed by atoms with van der Waals surface area (Å²) in [7, 11) is 0. The van der Waals surface area contributed by atoms with E-state index in [2.05, 4.69) is 19.2 Å². The van der Waals surface area contributed by atoms with Gasteiger partial charge in [-0.05, 0) is 25.5 Å². The first kappa shape index (κ1) is 16.1. The second-order valence-electron chi connectivity index (χ2n) is 5.04. The van der Waals surface area contributed by atoms with Crippen LogP contribution in [0.5, 0.6) is 0 Å². The predicted molar refractivity (Wildman–Crippen MR) is 73.0 cm³/mol. The molecule has 0 aromatic heterocycles. The van der Waals surface area contributed by atoms with E-state index in [0.717, 1.165) is 6.07 Å². The summed E-state index contributed by atoms with van der Waals surface area (Å²) in [4.78, 5) is 0. The van der Waals surface area contributed by atoms with E-state index in [0.29, 0.717) is 24.6 Å². The van der Waals surface area contributed by atoms with Crippen molar-refractivity contribution in [3.8, 4) is 0 Å². The summed E-state index contributed by atoms with van der Waals surface area (Å²) in [5, 5.41) is 3.13. The van der Waals surface area contributed by atoms with Gasteiger partial charge in [-0.1, -0.05) is 32.9 Å². The van der Waals surface area contributed by atoms with Gasteiger partial charge in [0.15, 0.2) is 11.6 Å². The molecule has 1 N–H and O–H groups in total. The Bertz CT molecular complexity index is 396. The van der Waals surface area contributed by atoms with Crippen molar-refractivity contribution < 1.29 is 13.5 Å². The molecule has 0 fully saturated rings. The van der Waals surface area contributed by atoms with Gasteiger partial charge >= 0.3 is 0 Å². The Hall–Kier alpha value is -1.00. The quantitative estimate of drug-likeness (QED) is 0.817. The minimum atomic E-state index is -0.822. The van der Waals surface area contributed by atoms with Gasteiger partial charge in [-0.25, -0.2) is 8.78 Å². The van der Waals surface area contributed by atoms with Crippen molar-refractivity contribution in [1.29, 1.82) is 0 Å². The van der Waals surface area contributed by atoms with Gasteiger partial charge in [-0.15, -0.1) is 0 Å². The first-order valence-electron chi connectivity index (χ1n) is 6.76. The van der Waals surface area contributed by atoms with Gasteiger partial charge in [0.2, 0.25) is 0 Å². The average molecular weight is 271 g/mol. The van der Waals surface area contributed by atoms with Crippen LogP contribution < -0.4 is 5.32 Å². The maximum atomic E-state index is 13.8. The maximum absolute atomic E-state index is 13.8. The third kappa shape index (κ3) is 4.55. The van der Waals surface area contributed by atoms with E-state index in [1.165, 1.54) is 6.07 Å². The highest BCUT2D eigenvalue weighted by Crippen LogP contribution is 2.20. The van der Waals surface area contributed by atoms with Crippen LogP contribution in [0.15, 0.2) is 18.2 Å². The number of rotatable bonds is 7. The molecule has 2 atom stereocenters. The summed E-state index contributed by atoms with van der Waals surface area (Å²) < 4.78 is 32.8. The van der Waals surface area contributed by atoms with Crippen molar-refractivity contribution >= 4 is 0 Å². The number of halogens is 2. The molecule has 1 rings (SSSR count). The second-order valence-corrected chi connectivity index (χ2v) is 5.04. The topological polar surface area (TPSA) is 21.3 Å². The molecule has 0 radical (unpaired) electrons. The van der Waals surface area contributed by atoms with Crippen LogP contribution in [-0.2, 0) is 4.74 Å². The van der Waals surface area contributed by atoms with Crippen LogP contribution in [0.4, 0.5) is 8.78 Å². The van der Waals surface area contributed by atoms with E-state index in [1.54, 1.807) is 6.07 Å². The molecule has 0 amide bonds. The van der Waals surface area contributed by atoms with Crippen LogP contribution in [0, 0.1) is 17.6 Å². The second kappa shape index (κ2) is 7.56. The minimum Gasteiger partial charge on any atom is -0.376 e. The molecule has 0 aliphatic heterocycles. The summed E-state index contributed by atoms with van der Waals surface area (Å²) in [6.45, 7) is 9.03. The van der Waals surface area contributed by atoms with Crippen molar-refractivity contribution in [2.45, 2.75) is 39.8 Å². The highest BCUT2D eigenvalue weighted by atomic mass is 19.2. The van der Waals surface area contributed by atoms with E-state index in [1.807, 2.05) is 13.8 Å². The third-order valence-electron chi connectivity index (χ3n) is 3.27. The lowest BCUT2D eigenvalue weighted by molar-refractivity contribution is 0.0214. The van der Waals surface area contributed by atoms with E-state index in [9.17, 15) is 8.78 Å². The van der Waals surface area contributed by atoms with E-state index >= 15 is 0 Å². The van der Waals surface area contributed by atoms with E-state index in [-0.39, 0.29) is 12.1 Å². The Balaban J connectivity index is 2.79. The molecule has 0 saturated carbocycles. The van der Waals surface area contributed by atoms with Crippen LogP contribution in [0.3, 0.4) is 0 Å². The molecule has 2 nitrogen and oxygen atoms in total. The van der Waals surface area contributed by atoms with Gasteiger partial charge < -0.3 is 10.1 Å². The van der Waals surface area contributed by atoms with Crippen LogP contribution in [-0.4, -0.2) is 19.3 Å². The molecule has 1 aromatic rings. The molecule has 4 heteroatoms. The molecule has 0 bridgehead atoms. The number of nitrogens with one attached hydrogen (secondary N) is 1. The Kier molecular flexibility index (Phi) is 6.38. The molecule has 19 heavy (non-hydrogen) atoms. The Morgan fingerprint density at radius 1 is 1.21 bits per heavy atom. The summed E-state index contributed by atoms with van der Waals surface area (Å²) in [6.07, 6.45) is 0.0813. The lowest BCUT2D eigenvalue weighted by Crippen LogP contribution is -2.29.